The Kier molecular flexibility index (Phi) is 5.94. The molecule has 0 fully saturated rings. The Morgan fingerprint density at radius 2 is 1.71 bits per heavy atom. The maximum atomic E-state index is 6.28. The normalized spacial score (nSPS) is 16.1. The number of anilines is 1. The smallest absolute Gasteiger partial charge is 0.258 e. The summed E-state index contributed by atoms with van der Waals surface area (Å²) in [4.78, 5) is 6.76. The number of thiocarbonyl (C=S) groups is 1. The average Bonchev–Trinajstić information content (AvgIpc) is 3.32. The monoisotopic (exact) mass is 486 g/mol. The van der Waals surface area contributed by atoms with Gasteiger partial charge in [0.05, 0.1) is 11.6 Å². The molecule has 0 spiro atoms. The van der Waals surface area contributed by atoms with Crippen LogP contribution in [0.15, 0.2) is 83.0 Å². The van der Waals surface area contributed by atoms with Crippen LogP contribution in [0.5, 0.6) is 0 Å². The molecular weight excluding hydrogens is 464 g/mol. The van der Waals surface area contributed by atoms with Gasteiger partial charge in [0, 0.05) is 22.0 Å². The third kappa shape index (κ3) is 4.11. The fourth-order valence-corrected chi connectivity index (χ4v) is 4.62. The first kappa shape index (κ1) is 22.3. The standard InChI is InChI=1S/C27H23ClN4OS/c1-16-9-11-19(12-10-16)24-23(26-30-25(31-33-26)20-7-5-4-6-8-20)18(3)32(27(34)29-24)21-13-14-22(28)17(2)15-21/h4-15,24H,1-3H3,(H,29,34). The minimum Gasteiger partial charge on any atom is -0.351 e. The Balaban J connectivity index is 1.66. The lowest BCUT2D eigenvalue weighted by atomic mass is 9.94. The van der Waals surface area contributed by atoms with E-state index in [1.165, 1.54) is 5.56 Å². The molecule has 1 aliphatic heterocycles. The summed E-state index contributed by atoms with van der Waals surface area (Å²) >= 11 is 12.1. The summed E-state index contributed by atoms with van der Waals surface area (Å²) in [5.74, 6) is 0.994. The van der Waals surface area contributed by atoms with Gasteiger partial charge in [-0.05, 0) is 62.3 Å². The van der Waals surface area contributed by atoms with E-state index in [4.69, 9.17) is 33.3 Å². The van der Waals surface area contributed by atoms with Crippen LogP contribution in [0.4, 0.5) is 5.69 Å². The first-order valence-corrected chi connectivity index (χ1v) is 11.7. The van der Waals surface area contributed by atoms with E-state index in [1.807, 2.05) is 67.3 Å². The van der Waals surface area contributed by atoms with Crippen LogP contribution in [0.1, 0.15) is 35.5 Å². The van der Waals surface area contributed by atoms with Crippen LogP contribution < -0.4 is 10.2 Å². The van der Waals surface area contributed by atoms with Crippen molar-refractivity contribution < 1.29 is 4.52 Å². The van der Waals surface area contributed by atoms with Gasteiger partial charge < -0.3 is 9.84 Å². The van der Waals surface area contributed by atoms with E-state index in [1.54, 1.807) is 0 Å². The molecule has 0 bridgehead atoms. The molecule has 0 amide bonds. The summed E-state index contributed by atoms with van der Waals surface area (Å²) in [5.41, 5.74) is 6.83. The molecule has 0 saturated heterocycles. The third-order valence-electron chi connectivity index (χ3n) is 5.98. The van der Waals surface area contributed by atoms with Gasteiger partial charge in [-0.2, -0.15) is 4.98 Å². The van der Waals surface area contributed by atoms with E-state index < -0.39 is 0 Å². The van der Waals surface area contributed by atoms with Gasteiger partial charge in [0.2, 0.25) is 5.82 Å². The van der Waals surface area contributed by atoms with Crippen LogP contribution in [-0.2, 0) is 0 Å². The molecule has 34 heavy (non-hydrogen) atoms. The molecule has 0 aliphatic carbocycles. The minimum absolute atomic E-state index is 0.234. The van der Waals surface area contributed by atoms with Crippen molar-refractivity contribution in [3.05, 3.63) is 106 Å². The van der Waals surface area contributed by atoms with Crippen molar-refractivity contribution >= 4 is 40.2 Å². The second-order valence-corrected chi connectivity index (χ2v) is 9.14. The van der Waals surface area contributed by atoms with Crippen molar-refractivity contribution in [3.8, 4) is 11.4 Å². The molecule has 1 aromatic heterocycles. The Labute approximate surface area is 209 Å². The second-order valence-electron chi connectivity index (χ2n) is 8.35. The Morgan fingerprint density at radius 3 is 2.41 bits per heavy atom. The Hall–Kier alpha value is -3.48. The summed E-state index contributed by atoms with van der Waals surface area (Å²) < 4.78 is 5.82. The number of nitrogens with zero attached hydrogens (tertiary/aromatic N) is 3. The highest BCUT2D eigenvalue weighted by atomic mass is 35.5. The highest BCUT2D eigenvalue weighted by Crippen LogP contribution is 2.39. The van der Waals surface area contributed by atoms with Crippen LogP contribution in [0.2, 0.25) is 5.02 Å². The number of halogens is 1. The van der Waals surface area contributed by atoms with Gasteiger partial charge in [-0.25, -0.2) is 0 Å². The largest absolute Gasteiger partial charge is 0.351 e. The minimum atomic E-state index is -0.234. The van der Waals surface area contributed by atoms with Gasteiger partial charge in [-0.15, -0.1) is 0 Å². The van der Waals surface area contributed by atoms with E-state index in [2.05, 4.69) is 41.7 Å². The molecule has 0 saturated carbocycles. The highest BCUT2D eigenvalue weighted by molar-refractivity contribution is 7.80. The molecular formula is C27H23ClN4OS. The van der Waals surface area contributed by atoms with E-state index in [0.29, 0.717) is 21.9 Å². The van der Waals surface area contributed by atoms with Gasteiger partial charge >= 0.3 is 0 Å². The van der Waals surface area contributed by atoms with Crippen LogP contribution in [0.3, 0.4) is 0 Å². The molecule has 4 aromatic rings. The predicted molar refractivity (Wildman–Crippen MR) is 141 cm³/mol. The topological polar surface area (TPSA) is 54.2 Å². The number of rotatable bonds is 4. The zero-order valence-corrected chi connectivity index (χ0v) is 20.6. The second kappa shape index (κ2) is 9.05. The first-order chi connectivity index (χ1) is 16.4. The van der Waals surface area contributed by atoms with Crippen molar-refractivity contribution in [2.24, 2.45) is 0 Å². The number of aromatic nitrogens is 2. The average molecular weight is 487 g/mol. The maximum absolute atomic E-state index is 6.28. The van der Waals surface area contributed by atoms with E-state index in [0.717, 1.165) is 33.6 Å². The van der Waals surface area contributed by atoms with Gasteiger partial charge in [0.25, 0.3) is 5.89 Å². The number of nitrogens with one attached hydrogen (secondary N) is 1. The van der Waals surface area contributed by atoms with Crippen molar-refractivity contribution in [1.82, 2.24) is 15.5 Å². The lowest BCUT2D eigenvalue weighted by Crippen LogP contribution is -2.46. The van der Waals surface area contributed by atoms with Crippen molar-refractivity contribution in [1.29, 1.82) is 0 Å². The third-order valence-corrected chi connectivity index (χ3v) is 6.71. The number of aryl methyl sites for hydroxylation is 2. The quantitative estimate of drug-likeness (QED) is 0.317. The molecule has 2 heterocycles. The maximum Gasteiger partial charge on any atom is 0.258 e. The first-order valence-electron chi connectivity index (χ1n) is 11.0. The molecule has 1 atom stereocenters. The van der Waals surface area contributed by atoms with Crippen molar-refractivity contribution in [3.63, 3.8) is 0 Å². The van der Waals surface area contributed by atoms with E-state index in [-0.39, 0.29) is 6.04 Å². The molecule has 5 nitrogen and oxygen atoms in total. The van der Waals surface area contributed by atoms with Gasteiger partial charge in [0.1, 0.15) is 0 Å². The van der Waals surface area contributed by atoms with Crippen LogP contribution in [0.25, 0.3) is 17.0 Å². The van der Waals surface area contributed by atoms with Crippen LogP contribution in [0, 0.1) is 13.8 Å². The zero-order valence-electron chi connectivity index (χ0n) is 19.0. The van der Waals surface area contributed by atoms with Gasteiger partial charge in [-0.1, -0.05) is 76.9 Å². The SMILES string of the molecule is CC1=C(c2nc(-c3ccccc3)no2)C(c2ccc(C)cc2)NC(=S)N1c1ccc(Cl)c(C)c1. The van der Waals surface area contributed by atoms with Gasteiger partial charge in [0.15, 0.2) is 5.11 Å². The summed E-state index contributed by atoms with van der Waals surface area (Å²) in [6.07, 6.45) is 0. The molecule has 1 N–H and O–H groups in total. The van der Waals surface area contributed by atoms with Crippen molar-refractivity contribution in [2.45, 2.75) is 26.8 Å². The number of allylic oxidation sites excluding steroid dienone is 1. The van der Waals surface area contributed by atoms with Gasteiger partial charge in [-0.3, -0.25) is 4.90 Å². The Morgan fingerprint density at radius 1 is 0.971 bits per heavy atom. The fourth-order valence-electron chi connectivity index (χ4n) is 4.15. The highest BCUT2D eigenvalue weighted by Gasteiger charge is 2.34. The predicted octanol–water partition coefficient (Wildman–Crippen LogP) is 6.87. The zero-order chi connectivity index (χ0) is 23.8. The molecule has 1 aliphatic rings. The summed E-state index contributed by atoms with van der Waals surface area (Å²) in [7, 11) is 0. The Bertz CT molecular complexity index is 1400. The van der Waals surface area contributed by atoms with E-state index >= 15 is 0 Å². The lowest BCUT2D eigenvalue weighted by molar-refractivity contribution is 0.404. The van der Waals surface area contributed by atoms with Crippen molar-refractivity contribution in [2.75, 3.05) is 4.90 Å². The fraction of sp³-hybridized carbons (Fsp3) is 0.148. The molecule has 170 valence electrons. The molecule has 1 unspecified atom stereocenters. The lowest BCUT2D eigenvalue weighted by Gasteiger charge is -2.37. The van der Waals surface area contributed by atoms with Crippen LogP contribution >= 0.6 is 23.8 Å². The summed E-state index contributed by atoms with van der Waals surface area (Å²) in [6, 6.07) is 23.8. The number of hydrogen-bond donors (Lipinski definition) is 1. The molecule has 5 rings (SSSR count). The summed E-state index contributed by atoms with van der Waals surface area (Å²) in [6.45, 7) is 6.07. The molecule has 0 radical (unpaired) electrons. The number of benzene rings is 3. The number of hydrogen-bond acceptors (Lipinski definition) is 4. The summed E-state index contributed by atoms with van der Waals surface area (Å²) in [5, 5.41) is 9.07. The van der Waals surface area contributed by atoms with E-state index in [9.17, 15) is 0 Å². The van der Waals surface area contributed by atoms with Crippen LogP contribution in [-0.4, -0.2) is 15.3 Å². The molecule has 3 aromatic carbocycles. The molecule has 7 heteroatoms.